The minimum Gasteiger partial charge on any atom is -0.478 e. The molecule has 106 valence electrons. The maximum atomic E-state index is 5.58. The fraction of sp³-hybridized carbons (Fsp3) is 0.706. The summed E-state index contributed by atoms with van der Waals surface area (Å²) in [6.45, 7) is 2.95. The van der Waals surface area contributed by atoms with Crippen LogP contribution in [0.25, 0.3) is 0 Å². The largest absolute Gasteiger partial charge is 0.478 e. The molecule has 0 atom stereocenters. The molecule has 2 rings (SSSR count). The zero-order chi connectivity index (χ0) is 13.3. The Hall–Kier alpha value is -1.05. The van der Waals surface area contributed by atoms with E-state index in [9.17, 15) is 0 Å². The van der Waals surface area contributed by atoms with Crippen molar-refractivity contribution in [1.82, 2.24) is 4.98 Å². The molecule has 0 N–H and O–H groups in total. The second-order valence-electron chi connectivity index (χ2n) is 5.75. The Labute approximate surface area is 117 Å². The molecule has 2 heteroatoms. The molecule has 1 heterocycles. The van der Waals surface area contributed by atoms with Crippen molar-refractivity contribution < 1.29 is 4.74 Å². The predicted molar refractivity (Wildman–Crippen MR) is 79.5 cm³/mol. The Kier molecular flexibility index (Phi) is 6.19. The van der Waals surface area contributed by atoms with E-state index in [-0.39, 0.29) is 0 Å². The first-order chi connectivity index (χ1) is 9.38. The van der Waals surface area contributed by atoms with Gasteiger partial charge in [0.1, 0.15) is 0 Å². The van der Waals surface area contributed by atoms with E-state index in [1.165, 1.54) is 56.9 Å². The number of nitrogens with zero attached hydrogens (tertiary/aromatic N) is 1. The van der Waals surface area contributed by atoms with Gasteiger partial charge < -0.3 is 4.74 Å². The summed E-state index contributed by atoms with van der Waals surface area (Å²) < 4.78 is 5.58. The lowest BCUT2D eigenvalue weighted by Gasteiger charge is -2.21. The fourth-order valence-corrected chi connectivity index (χ4v) is 2.81. The predicted octanol–water partition coefficient (Wildman–Crippen LogP) is 4.77. The van der Waals surface area contributed by atoms with Crippen molar-refractivity contribution >= 4 is 0 Å². The van der Waals surface area contributed by atoms with Crippen LogP contribution in [0.4, 0.5) is 0 Å². The Balaban J connectivity index is 1.71. The van der Waals surface area contributed by atoms with Crippen molar-refractivity contribution in [2.75, 3.05) is 6.61 Å². The molecule has 0 saturated heterocycles. The summed E-state index contributed by atoms with van der Waals surface area (Å²) in [5.74, 6) is 1.73. The Morgan fingerprint density at radius 1 is 1.21 bits per heavy atom. The average molecular weight is 261 g/mol. The van der Waals surface area contributed by atoms with Gasteiger partial charge in [0, 0.05) is 12.3 Å². The maximum Gasteiger partial charge on any atom is 0.213 e. The van der Waals surface area contributed by atoms with Gasteiger partial charge in [0.2, 0.25) is 5.88 Å². The summed E-state index contributed by atoms with van der Waals surface area (Å²) in [6, 6.07) is 4.20. The average Bonchev–Trinajstić information content (AvgIpc) is 2.48. The lowest BCUT2D eigenvalue weighted by atomic mass is 9.85. The second-order valence-corrected chi connectivity index (χ2v) is 5.75. The van der Waals surface area contributed by atoms with Gasteiger partial charge in [-0.05, 0) is 30.7 Å². The van der Waals surface area contributed by atoms with Crippen LogP contribution in [-0.2, 0) is 6.42 Å². The Morgan fingerprint density at radius 2 is 2.05 bits per heavy atom. The van der Waals surface area contributed by atoms with Crippen LogP contribution >= 0.6 is 0 Å². The van der Waals surface area contributed by atoms with Crippen LogP contribution in [0.1, 0.15) is 63.9 Å². The van der Waals surface area contributed by atoms with Gasteiger partial charge in [-0.3, -0.25) is 0 Å². The fourth-order valence-electron chi connectivity index (χ4n) is 2.81. The Bertz CT molecular complexity index is 341. The van der Waals surface area contributed by atoms with Crippen molar-refractivity contribution in [2.24, 2.45) is 5.92 Å². The first-order valence-electron chi connectivity index (χ1n) is 7.96. The molecule has 1 aromatic rings. The second kappa shape index (κ2) is 8.19. The molecule has 0 aliphatic heterocycles. The lowest BCUT2D eigenvalue weighted by molar-refractivity contribution is 0.297. The molecule has 0 amide bonds. The molecule has 0 bridgehead atoms. The van der Waals surface area contributed by atoms with E-state index in [0.29, 0.717) is 0 Å². The maximum absolute atomic E-state index is 5.58. The van der Waals surface area contributed by atoms with Crippen LogP contribution in [0.2, 0.25) is 0 Å². The number of ether oxygens (including phenoxy) is 1. The number of rotatable bonds is 7. The highest BCUT2D eigenvalue weighted by Crippen LogP contribution is 2.27. The number of aromatic nitrogens is 1. The topological polar surface area (TPSA) is 22.1 Å². The van der Waals surface area contributed by atoms with Crippen molar-refractivity contribution in [1.29, 1.82) is 0 Å². The highest BCUT2D eigenvalue weighted by atomic mass is 16.5. The number of hydrogen-bond donors (Lipinski definition) is 0. The van der Waals surface area contributed by atoms with Crippen LogP contribution in [0.3, 0.4) is 0 Å². The standard InChI is InChI=1S/C17H27NO/c1-2-3-13-19-17-12-11-16(14-18-17)10-9-15-7-5-4-6-8-15/h11-12,14-15H,2-10,13H2,1H3. The number of pyridine rings is 1. The van der Waals surface area contributed by atoms with Crippen LogP contribution in [-0.4, -0.2) is 11.6 Å². The Morgan fingerprint density at radius 3 is 2.74 bits per heavy atom. The zero-order valence-corrected chi connectivity index (χ0v) is 12.2. The highest BCUT2D eigenvalue weighted by Gasteiger charge is 2.13. The van der Waals surface area contributed by atoms with Crippen LogP contribution in [0.5, 0.6) is 5.88 Å². The van der Waals surface area contributed by atoms with Crippen LogP contribution in [0.15, 0.2) is 18.3 Å². The van der Waals surface area contributed by atoms with Gasteiger partial charge in [-0.25, -0.2) is 4.98 Å². The molecule has 0 unspecified atom stereocenters. The van der Waals surface area contributed by atoms with Gasteiger partial charge >= 0.3 is 0 Å². The molecule has 0 spiro atoms. The first-order valence-corrected chi connectivity index (χ1v) is 7.96. The molecule has 1 aliphatic rings. The van der Waals surface area contributed by atoms with Gasteiger partial charge in [0.15, 0.2) is 0 Å². The van der Waals surface area contributed by atoms with E-state index in [0.717, 1.165) is 24.8 Å². The molecular formula is C17H27NO. The SMILES string of the molecule is CCCCOc1ccc(CCC2CCCCC2)cn1. The van der Waals surface area contributed by atoms with E-state index < -0.39 is 0 Å². The van der Waals surface area contributed by atoms with Crippen molar-refractivity contribution in [3.8, 4) is 5.88 Å². The molecule has 19 heavy (non-hydrogen) atoms. The molecule has 1 aliphatic carbocycles. The molecule has 2 nitrogen and oxygen atoms in total. The van der Waals surface area contributed by atoms with Gasteiger partial charge in [-0.1, -0.05) is 51.5 Å². The number of hydrogen-bond acceptors (Lipinski definition) is 2. The van der Waals surface area contributed by atoms with Crippen LogP contribution < -0.4 is 4.74 Å². The third-order valence-electron chi connectivity index (χ3n) is 4.11. The van der Waals surface area contributed by atoms with Gasteiger partial charge in [-0.2, -0.15) is 0 Å². The van der Waals surface area contributed by atoms with Gasteiger partial charge in [-0.15, -0.1) is 0 Å². The molecule has 0 radical (unpaired) electrons. The van der Waals surface area contributed by atoms with Crippen LogP contribution in [0, 0.1) is 5.92 Å². The summed E-state index contributed by atoms with van der Waals surface area (Å²) in [7, 11) is 0. The number of unbranched alkanes of at least 4 members (excludes halogenated alkanes) is 1. The zero-order valence-electron chi connectivity index (χ0n) is 12.2. The third kappa shape index (κ3) is 5.22. The minimum absolute atomic E-state index is 0.773. The summed E-state index contributed by atoms with van der Waals surface area (Å²) in [4.78, 5) is 4.39. The smallest absolute Gasteiger partial charge is 0.213 e. The summed E-state index contributed by atoms with van der Waals surface area (Å²) in [5.41, 5.74) is 1.36. The van der Waals surface area contributed by atoms with E-state index >= 15 is 0 Å². The van der Waals surface area contributed by atoms with Crippen molar-refractivity contribution in [3.05, 3.63) is 23.9 Å². The third-order valence-corrected chi connectivity index (χ3v) is 4.11. The molecule has 1 saturated carbocycles. The quantitative estimate of drug-likeness (QED) is 0.659. The molecule has 1 fully saturated rings. The molecular weight excluding hydrogens is 234 g/mol. The number of aryl methyl sites for hydroxylation is 1. The summed E-state index contributed by atoms with van der Waals surface area (Å²) >= 11 is 0. The molecule has 0 aromatic carbocycles. The minimum atomic E-state index is 0.773. The van der Waals surface area contributed by atoms with E-state index in [1.54, 1.807) is 0 Å². The van der Waals surface area contributed by atoms with Gasteiger partial charge in [0.05, 0.1) is 6.61 Å². The summed E-state index contributed by atoms with van der Waals surface area (Å²) in [6.07, 6.45) is 14.0. The van der Waals surface area contributed by atoms with E-state index in [2.05, 4.69) is 18.0 Å². The molecule has 1 aromatic heterocycles. The van der Waals surface area contributed by atoms with E-state index in [1.807, 2.05) is 12.3 Å². The monoisotopic (exact) mass is 261 g/mol. The van der Waals surface area contributed by atoms with Gasteiger partial charge in [0.25, 0.3) is 0 Å². The van der Waals surface area contributed by atoms with E-state index in [4.69, 9.17) is 4.74 Å². The highest BCUT2D eigenvalue weighted by molar-refractivity contribution is 5.17. The first kappa shape index (κ1) is 14.4. The lowest BCUT2D eigenvalue weighted by Crippen LogP contribution is -2.07. The summed E-state index contributed by atoms with van der Waals surface area (Å²) in [5, 5.41) is 0. The van der Waals surface area contributed by atoms with Crippen molar-refractivity contribution in [2.45, 2.75) is 64.7 Å². The van der Waals surface area contributed by atoms with Crippen molar-refractivity contribution in [3.63, 3.8) is 0 Å². The normalized spacial score (nSPS) is 16.5.